The molecule has 0 spiro atoms. The van der Waals surface area contributed by atoms with Crippen LogP contribution in [-0.2, 0) is 36.8 Å². The van der Waals surface area contributed by atoms with Crippen LogP contribution in [0, 0.1) is 0 Å². The van der Waals surface area contributed by atoms with Gasteiger partial charge in [0.05, 0.1) is 0 Å². The van der Waals surface area contributed by atoms with Crippen molar-refractivity contribution in [3.05, 3.63) is 95.1 Å². The molecule has 2 heterocycles. The van der Waals surface area contributed by atoms with Gasteiger partial charge in [0.25, 0.3) is 5.91 Å². The topological polar surface area (TPSA) is 206 Å². The summed E-state index contributed by atoms with van der Waals surface area (Å²) < 4.78 is 0. The Kier molecular flexibility index (Phi) is 15.4. The van der Waals surface area contributed by atoms with E-state index in [2.05, 4.69) is 35.0 Å². The van der Waals surface area contributed by atoms with Gasteiger partial charge in [0.2, 0.25) is 23.6 Å². The van der Waals surface area contributed by atoms with Gasteiger partial charge in [-0.2, -0.15) is 0 Å². The predicted octanol–water partition coefficient (Wildman–Crippen LogP) is 6.15. The maximum absolute atomic E-state index is 14.1. The maximum Gasteiger partial charge on any atom is 0.326 e. The van der Waals surface area contributed by atoms with Gasteiger partial charge in [-0.1, -0.05) is 88.3 Å². The van der Waals surface area contributed by atoms with Crippen LogP contribution in [0.2, 0.25) is 0 Å². The Bertz CT molecular complexity index is 2350. The minimum absolute atomic E-state index is 0.0402. The molecule has 6 rings (SSSR count). The number of phenols is 2. The Labute approximate surface area is 368 Å². The number of likely N-dealkylation sites (N-methyl/N-ethyl adjacent to an activating group) is 1. The second-order valence-electron chi connectivity index (χ2n) is 16.8. The molecule has 4 aromatic carbocycles. The molecule has 5 amide bonds. The van der Waals surface area contributed by atoms with E-state index in [0.717, 1.165) is 23.6 Å². The fourth-order valence-electron chi connectivity index (χ4n) is 8.40. The number of unbranched alkanes of at least 4 members (excludes halogenated alkanes) is 7. The Hall–Kier alpha value is -6.44. The third-order valence-electron chi connectivity index (χ3n) is 12.2. The van der Waals surface area contributed by atoms with Gasteiger partial charge in [-0.3, -0.25) is 24.0 Å². The van der Waals surface area contributed by atoms with Crippen LogP contribution in [0.4, 0.5) is 0 Å². The van der Waals surface area contributed by atoms with Crippen molar-refractivity contribution in [2.24, 2.45) is 0 Å². The number of fused-ring (bicyclic) bond motifs is 6. The molecular formula is C49H59N5O9. The van der Waals surface area contributed by atoms with Gasteiger partial charge in [0.1, 0.15) is 35.7 Å². The number of hydrogen-bond acceptors (Lipinski definition) is 8. The number of hydrogen-bond donors (Lipinski definition) is 6. The number of amides is 5. The third kappa shape index (κ3) is 11.3. The summed E-state index contributed by atoms with van der Waals surface area (Å²) in [5.41, 5.74) is 2.69. The van der Waals surface area contributed by atoms with E-state index in [-0.39, 0.29) is 59.4 Å². The van der Waals surface area contributed by atoms with E-state index in [4.69, 9.17) is 0 Å². The molecule has 6 N–H and O–H groups in total. The zero-order valence-corrected chi connectivity index (χ0v) is 36.3. The van der Waals surface area contributed by atoms with Gasteiger partial charge < -0.3 is 41.1 Å². The zero-order valence-electron chi connectivity index (χ0n) is 36.3. The second-order valence-corrected chi connectivity index (χ2v) is 16.8. The molecule has 0 aliphatic carbocycles. The summed E-state index contributed by atoms with van der Waals surface area (Å²) in [6, 6.07) is 15.6. The lowest BCUT2D eigenvalue weighted by Crippen LogP contribution is -2.60. The standard InChI is InChI=1S/C49H59N5O9/c1-4-5-6-7-8-9-10-11-12-31-13-15-34-28-36(17-16-33(34)25-31)46(59)50-23-21-43(57)54-24-22-40(54)48(61)53(3)44-35-18-20-42(56)38(29-35)37-26-32(14-19-41(37)55)27-39(49(62)63)52-45(58)30(2)51-47(44)60/h13-20,25-26,28-30,39-40,44,55-56H,4-12,21-24,27H2,1-3H3,(H,50,59)(H,51,60)(H,52,58)(H,62,63)/t30-,39-,40+,44-/m0/s1. The van der Waals surface area contributed by atoms with Crippen LogP contribution < -0.4 is 16.0 Å². The third-order valence-corrected chi connectivity index (χ3v) is 12.2. The minimum Gasteiger partial charge on any atom is -0.507 e. The molecule has 14 heteroatoms. The van der Waals surface area contributed by atoms with E-state index in [0.29, 0.717) is 24.1 Å². The lowest BCUT2D eigenvalue weighted by Gasteiger charge is -2.43. The van der Waals surface area contributed by atoms with Crippen LogP contribution in [-0.4, -0.2) is 98.9 Å². The van der Waals surface area contributed by atoms with Crippen LogP contribution in [0.3, 0.4) is 0 Å². The predicted molar refractivity (Wildman–Crippen MR) is 239 cm³/mol. The zero-order chi connectivity index (χ0) is 45.2. The number of carboxylic acids is 1. The van der Waals surface area contributed by atoms with Crippen LogP contribution in [0.5, 0.6) is 11.5 Å². The van der Waals surface area contributed by atoms with Gasteiger partial charge in [-0.05, 0) is 90.0 Å². The maximum atomic E-state index is 14.1. The van der Waals surface area contributed by atoms with Gasteiger partial charge in [0, 0.05) is 49.7 Å². The molecule has 4 aromatic rings. The van der Waals surface area contributed by atoms with Crippen LogP contribution in [0.15, 0.2) is 72.8 Å². The van der Waals surface area contributed by atoms with Crippen molar-refractivity contribution < 1.29 is 44.1 Å². The Morgan fingerprint density at radius 3 is 2.16 bits per heavy atom. The number of phenolic OH excluding ortho intramolecular Hbond substituents is 2. The molecule has 0 radical (unpaired) electrons. The summed E-state index contributed by atoms with van der Waals surface area (Å²) >= 11 is 0. The van der Waals surface area contributed by atoms with Crippen molar-refractivity contribution >= 4 is 46.3 Å². The average molecular weight is 862 g/mol. The molecule has 2 aliphatic heterocycles. The monoisotopic (exact) mass is 861 g/mol. The summed E-state index contributed by atoms with van der Waals surface area (Å²) in [6.07, 6.45) is 11.3. The number of rotatable bonds is 16. The van der Waals surface area contributed by atoms with Crippen molar-refractivity contribution in [1.82, 2.24) is 25.8 Å². The van der Waals surface area contributed by atoms with E-state index >= 15 is 0 Å². The summed E-state index contributed by atoms with van der Waals surface area (Å²) in [4.78, 5) is 82.7. The molecule has 0 unspecified atom stereocenters. The van der Waals surface area contributed by atoms with Gasteiger partial charge in [-0.15, -0.1) is 0 Å². The number of carboxylic acid groups (broad SMARTS) is 1. The number of aliphatic carboxylic acids is 1. The molecule has 0 aromatic heterocycles. The summed E-state index contributed by atoms with van der Waals surface area (Å²) in [5, 5.41) is 41.5. The Morgan fingerprint density at radius 2 is 1.46 bits per heavy atom. The van der Waals surface area contributed by atoms with Gasteiger partial charge in [0.15, 0.2) is 0 Å². The second kappa shape index (κ2) is 21.1. The summed E-state index contributed by atoms with van der Waals surface area (Å²) in [7, 11) is 1.40. The summed E-state index contributed by atoms with van der Waals surface area (Å²) in [5.74, 6) is -4.58. The quantitative estimate of drug-likeness (QED) is 0.0714. The highest BCUT2D eigenvalue weighted by atomic mass is 16.4. The number of likely N-dealkylation sites (tertiary alicyclic amines) is 1. The summed E-state index contributed by atoms with van der Waals surface area (Å²) in [6.45, 7) is 3.95. The Morgan fingerprint density at radius 1 is 0.794 bits per heavy atom. The van der Waals surface area contributed by atoms with Crippen LogP contribution in [0.1, 0.15) is 111 Å². The molecule has 334 valence electrons. The normalized spacial score (nSPS) is 18.7. The molecule has 14 nitrogen and oxygen atoms in total. The molecule has 4 atom stereocenters. The number of carbonyl (C=O) groups is 6. The highest BCUT2D eigenvalue weighted by Crippen LogP contribution is 2.39. The van der Waals surface area contributed by atoms with Crippen molar-refractivity contribution in [1.29, 1.82) is 0 Å². The molecule has 0 saturated carbocycles. The highest BCUT2D eigenvalue weighted by molar-refractivity contribution is 5.99. The van der Waals surface area contributed by atoms with Crippen molar-refractivity contribution in [3.63, 3.8) is 0 Å². The molecular weight excluding hydrogens is 803 g/mol. The minimum atomic E-state index is -1.38. The van der Waals surface area contributed by atoms with Crippen molar-refractivity contribution in [2.75, 3.05) is 20.1 Å². The number of aromatic hydroxyl groups is 2. The number of benzene rings is 4. The first-order valence-corrected chi connectivity index (χ1v) is 22.1. The van der Waals surface area contributed by atoms with Gasteiger partial charge in [-0.25, -0.2) is 4.79 Å². The van der Waals surface area contributed by atoms with Crippen molar-refractivity contribution in [3.8, 4) is 22.6 Å². The lowest BCUT2D eigenvalue weighted by atomic mass is 9.93. The number of carbonyl (C=O) groups excluding carboxylic acids is 5. The fraction of sp³-hybridized carbons (Fsp3) is 0.429. The van der Waals surface area contributed by atoms with E-state index in [1.54, 1.807) is 6.07 Å². The van der Waals surface area contributed by atoms with Crippen LogP contribution in [0.25, 0.3) is 21.9 Å². The lowest BCUT2D eigenvalue weighted by molar-refractivity contribution is -0.155. The van der Waals surface area contributed by atoms with E-state index in [1.807, 2.05) is 18.2 Å². The fourth-order valence-corrected chi connectivity index (χ4v) is 8.40. The molecule has 2 aliphatic rings. The number of aryl methyl sites for hydroxylation is 1. The van der Waals surface area contributed by atoms with E-state index in [9.17, 15) is 44.1 Å². The van der Waals surface area contributed by atoms with Crippen LogP contribution >= 0.6 is 0 Å². The van der Waals surface area contributed by atoms with E-state index in [1.165, 1.54) is 111 Å². The SMILES string of the molecule is CCCCCCCCCCc1ccc2cc(C(=O)NCCC(=O)N3CC[C@@H]3C(=O)N(C)[C@@H]3C(=O)N[C@@H](C)C(=O)N[C@H](C(=O)O)Cc4ccc(O)c(c4)-c4cc3ccc4O)ccc2c1. The Balaban J connectivity index is 1.08. The average Bonchev–Trinajstić information content (AvgIpc) is 3.24. The molecule has 1 saturated heterocycles. The first kappa shape index (κ1) is 46.1. The molecule has 4 bridgehead atoms. The largest absolute Gasteiger partial charge is 0.507 e. The van der Waals surface area contributed by atoms with E-state index < -0.39 is 47.9 Å². The highest BCUT2D eigenvalue weighted by Gasteiger charge is 2.42. The molecule has 1 fully saturated rings. The smallest absolute Gasteiger partial charge is 0.326 e. The number of nitrogens with zero attached hydrogens (tertiary/aromatic N) is 2. The first-order chi connectivity index (χ1) is 30.2. The number of nitrogens with one attached hydrogen (secondary N) is 3. The van der Waals surface area contributed by atoms with Crippen molar-refractivity contribution in [2.45, 2.75) is 115 Å². The first-order valence-electron chi connectivity index (χ1n) is 22.1. The van der Waals surface area contributed by atoms with Gasteiger partial charge >= 0.3 is 5.97 Å². The molecule has 63 heavy (non-hydrogen) atoms.